The van der Waals surface area contributed by atoms with Gasteiger partial charge in [-0.05, 0) is 26.5 Å². The first-order chi connectivity index (χ1) is 9.59. The fraction of sp³-hybridized carbons (Fsp3) is 0.562. The van der Waals surface area contributed by atoms with Crippen molar-refractivity contribution in [2.24, 2.45) is 0 Å². The predicted molar refractivity (Wildman–Crippen MR) is 95.9 cm³/mol. The molecule has 2 atom stereocenters. The first-order valence-corrected chi connectivity index (χ1v) is 7.35. The monoisotopic (exact) mass is 347 g/mol. The summed E-state index contributed by atoms with van der Waals surface area (Å²) in [6.07, 6.45) is 0. The quantitative estimate of drug-likeness (QED) is 0.906. The van der Waals surface area contributed by atoms with Gasteiger partial charge in [-0.3, -0.25) is 9.69 Å². The lowest BCUT2D eigenvalue weighted by molar-refractivity contribution is -0.139. The van der Waals surface area contributed by atoms with Crippen LogP contribution in [0.3, 0.4) is 0 Å². The Balaban J connectivity index is 0.00000220. The van der Waals surface area contributed by atoms with Gasteiger partial charge in [0.25, 0.3) is 0 Å². The normalized spacial score (nSPS) is 19.1. The lowest BCUT2D eigenvalue weighted by atomic mass is 10.1. The minimum Gasteiger partial charge on any atom is -0.336 e. The van der Waals surface area contributed by atoms with Crippen molar-refractivity contribution in [1.82, 2.24) is 15.1 Å². The van der Waals surface area contributed by atoms with Crippen LogP contribution < -0.4 is 5.32 Å². The number of hydrogen-bond donors (Lipinski definition) is 1. The van der Waals surface area contributed by atoms with Gasteiger partial charge in [-0.15, -0.1) is 24.8 Å². The van der Waals surface area contributed by atoms with Crippen LogP contribution >= 0.6 is 24.8 Å². The van der Waals surface area contributed by atoms with Crippen molar-refractivity contribution in [3.05, 3.63) is 35.9 Å². The molecule has 1 heterocycles. The topological polar surface area (TPSA) is 35.6 Å². The smallest absolute Gasteiger partial charge is 0.239 e. The number of likely N-dealkylation sites (N-methyl/N-ethyl adjacent to an activating group) is 1. The maximum absolute atomic E-state index is 12.6. The molecule has 1 saturated heterocycles. The molecule has 2 rings (SSSR count). The number of hydrogen-bond acceptors (Lipinski definition) is 3. The van der Waals surface area contributed by atoms with E-state index in [0.717, 1.165) is 26.2 Å². The van der Waals surface area contributed by atoms with E-state index in [4.69, 9.17) is 0 Å². The van der Waals surface area contributed by atoms with Crippen molar-refractivity contribution >= 4 is 30.7 Å². The van der Waals surface area contributed by atoms with Crippen LogP contribution in [0, 0.1) is 0 Å². The fourth-order valence-electron chi connectivity index (χ4n) is 2.61. The van der Waals surface area contributed by atoms with E-state index in [0.29, 0.717) is 0 Å². The number of nitrogens with one attached hydrogen (secondary N) is 1. The maximum atomic E-state index is 12.6. The van der Waals surface area contributed by atoms with E-state index >= 15 is 0 Å². The van der Waals surface area contributed by atoms with Gasteiger partial charge in [0.1, 0.15) is 0 Å². The number of carbonyl (C=O) groups is 1. The summed E-state index contributed by atoms with van der Waals surface area (Å²) in [6, 6.07) is 10.5. The van der Waals surface area contributed by atoms with Gasteiger partial charge < -0.3 is 10.2 Å². The van der Waals surface area contributed by atoms with E-state index in [1.165, 1.54) is 5.56 Å². The summed E-state index contributed by atoms with van der Waals surface area (Å²) < 4.78 is 0. The second-order valence-corrected chi connectivity index (χ2v) is 5.66. The number of piperazine rings is 1. The third-order valence-electron chi connectivity index (χ3n) is 4.08. The number of rotatable bonds is 4. The number of halogens is 2. The average molecular weight is 348 g/mol. The highest BCUT2D eigenvalue weighted by molar-refractivity contribution is 5.85. The van der Waals surface area contributed by atoms with E-state index in [9.17, 15) is 4.79 Å². The second-order valence-electron chi connectivity index (χ2n) is 5.66. The second kappa shape index (κ2) is 10.1. The third kappa shape index (κ3) is 5.43. The Morgan fingerprint density at radius 3 is 2.59 bits per heavy atom. The van der Waals surface area contributed by atoms with Crippen LogP contribution in [0.15, 0.2) is 30.3 Å². The molecule has 1 N–H and O–H groups in total. The number of benzene rings is 1. The first-order valence-electron chi connectivity index (χ1n) is 7.35. The van der Waals surface area contributed by atoms with Crippen molar-refractivity contribution in [1.29, 1.82) is 0 Å². The van der Waals surface area contributed by atoms with Crippen molar-refractivity contribution in [2.75, 3.05) is 26.7 Å². The van der Waals surface area contributed by atoms with E-state index in [-0.39, 0.29) is 42.8 Å². The molecule has 6 heteroatoms. The summed E-state index contributed by atoms with van der Waals surface area (Å²) in [5, 5.41) is 3.32. The van der Waals surface area contributed by atoms with Gasteiger partial charge in [-0.2, -0.15) is 0 Å². The first kappa shape index (κ1) is 21.2. The van der Waals surface area contributed by atoms with E-state index in [1.54, 1.807) is 0 Å². The molecule has 1 aromatic rings. The Hall–Kier alpha value is -0.810. The molecule has 0 spiro atoms. The molecule has 1 unspecified atom stereocenters. The predicted octanol–water partition coefficient (Wildman–Crippen LogP) is 2.17. The van der Waals surface area contributed by atoms with Crippen molar-refractivity contribution in [3.8, 4) is 0 Å². The van der Waals surface area contributed by atoms with Crippen LogP contribution in [0.2, 0.25) is 0 Å². The molecule has 22 heavy (non-hydrogen) atoms. The highest BCUT2D eigenvalue weighted by Gasteiger charge is 2.28. The van der Waals surface area contributed by atoms with E-state index in [1.807, 2.05) is 37.1 Å². The fourth-order valence-corrected chi connectivity index (χ4v) is 2.61. The number of carbonyl (C=O) groups excluding carboxylic acids is 1. The summed E-state index contributed by atoms with van der Waals surface area (Å²) in [4.78, 5) is 16.7. The van der Waals surface area contributed by atoms with Gasteiger partial charge in [0.05, 0.1) is 6.04 Å². The van der Waals surface area contributed by atoms with Crippen LogP contribution in [0.4, 0.5) is 0 Å². The summed E-state index contributed by atoms with van der Waals surface area (Å²) in [5.74, 6) is 0.234. The Labute approximate surface area is 146 Å². The number of nitrogens with zero attached hydrogens (tertiary/aromatic N) is 2. The molecule has 4 nitrogen and oxygen atoms in total. The molecule has 1 aromatic carbocycles. The lowest BCUT2D eigenvalue weighted by Crippen LogP contribution is -2.56. The minimum absolute atomic E-state index is 0. The standard InChI is InChI=1S/C16H25N3O.2ClH/c1-13-11-17-9-10-19(13)16(20)14(2)18(3)12-15-7-5-4-6-8-15;;/h4-8,13-14,17H,9-12H2,1-3H3;2*1H/t13-,14?;;/m0../s1. The van der Waals surface area contributed by atoms with Crippen molar-refractivity contribution in [3.63, 3.8) is 0 Å². The van der Waals surface area contributed by atoms with Crippen LogP contribution in [0.1, 0.15) is 19.4 Å². The van der Waals surface area contributed by atoms with E-state index < -0.39 is 0 Å². The summed E-state index contributed by atoms with van der Waals surface area (Å²) >= 11 is 0. The number of amides is 1. The molecule has 126 valence electrons. The molecule has 0 saturated carbocycles. The summed E-state index contributed by atoms with van der Waals surface area (Å²) in [6.45, 7) is 7.50. The molecule has 0 aromatic heterocycles. The Bertz CT molecular complexity index is 444. The molecule has 0 radical (unpaired) electrons. The molecule has 1 amide bonds. The zero-order chi connectivity index (χ0) is 14.5. The summed E-state index contributed by atoms with van der Waals surface area (Å²) in [5.41, 5.74) is 1.24. The zero-order valence-electron chi connectivity index (χ0n) is 13.5. The Morgan fingerprint density at radius 2 is 2.00 bits per heavy atom. The minimum atomic E-state index is -0.0873. The van der Waals surface area contributed by atoms with Gasteiger partial charge in [-0.25, -0.2) is 0 Å². The van der Waals surface area contributed by atoms with Gasteiger partial charge >= 0.3 is 0 Å². The van der Waals surface area contributed by atoms with Gasteiger partial charge in [0, 0.05) is 32.2 Å². The molecule has 1 aliphatic heterocycles. The van der Waals surface area contributed by atoms with Gasteiger partial charge in [-0.1, -0.05) is 30.3 Å². The molecule has 0 bridgehead atoms. The Morgan fingerprint density at radius 1 is 1.36 bits per heavy atom. The highest BCUT2D eigenvalue weighted by Crippen LogP contribution is 2.11. The van der Waals surface area contributed by atoms with Crippen LogP contribution in [0.25, 0.3) is 0 Å². The maximum Gasteiger partial charge on any atom is 0.239 e. The Kier molecular flexibility index (Phi) is 9.69. The molecule has 1 aliphatic rings. The lowest BCUT2D eigenvalue weighted by Gasteiger charge is -2.37. The molecular weight excluding hydrogens is 321 g/mol. The molecule has 1 fully saturated rings. The van der Waals surface area contributed by atoms with Crippen LogP contribution in [0.5, 0.6) is 0 Å². The van der Waals surface area contributed by atoms with Crippen LogP contribution in [-0.2, 0) is 11.3 Å². The third-order valence-corrected chi connectivity index (χ3v) is 4.08. The molecule has 0 aliphatic carbocycles. The molecular formula is C16H27Cl2N3O. The SMILES string of the molecule is CC(C(=O)N1CCNC[C@@H]1C)N(C)Cc1ccccc1.Cl.Cl. The van der Waals surface area contributed by atoms with Gasteiger partial charge in [0.15, 0.2) is 0 Å². The largest absolute Gasteiger partial charge is 0.336 e. The van der Waals surface area contributed by atoms with Gasteiger partial charge in [0.2, 0.25) is 5.91 Å². The average Bonchev–Trinajstić information content (AvgIpc) is 2.47. The van der Waals surface area contributed by atoms with Crippen molar-refractivity contribution in [2.45, 2.75) is 32.5 Å². The van der Waals surface area contributed by atoms with E-state index in [2.05, 4.69) is 29.3 Å². The van der Waals surface area contributed by atoms with Crippen molar-refractivity contribution < 1.29 is 4.79 Å². The summed E-state index contributed by atoms with van der Waals surface area (Å²) in [7, 11) is 2.02. The zero-order valence-corrected chi connectivity index (χ0v) is 15.1. The van der Waals surface area contributed by atoms with Crippen LogP contribution in [-0.4, -0.2) is 54.5 Å². The highest BCUT2D eigenvalue weighted by atomic mass is 35.5.